The maximum atomic E-state index is 10.2. The first-order valence-electron chi connectivity index (χ1n) is 9.63. The van der Waals surface area contributed by atoms with E-state index in [9.17, 15) is 14.4 Å². The molecule has 0 radical (unpaired) electrons. The van der Waals surface area contributed by atoms with Crippen LogP contribution in [0.4, 0.5) is 0 Å². The summed E-state index contributed by atoms with van der Waals surface area (Å²) in [6, 6.07) is -2.09. The Labute approximate surface area is 177 Å². The van der Waals surface area contributed by atoms with Gasteiger partial charge in [-0.15, -0.1) is 0 Å². The molecule has 174 valence electrons. The molecule has 0 unspecified atom stereocenters. The molecule has 0 rings (SSSR count). The fourth-order valence-electron chi connectivity index (χ4n) is 1.72. The summed E-state index contributed by atoms with van der Waals surface area (Å²) < 4.78 is 0. The van der Waals surface area contributed by atoms with E-state index in [0.717, 1.165) is 24.3 Å². The van der Waals surface area contributed by atoms with Gasteiger partial charge in [0.25, 0.3) is 0 Å². The predicted molar refractivity (Wildman–Crippen MR) is 117 cm³/mol. The second kappa shape index (κ2) is 21.3. The van der Waals surface area contributed by atoms with Gasteiger partial charge in [0.1, 0.15) is 18.1 Å². The average molecular weight is 441 g/mol. The van der Waals surface area contributed by atoms with E-state index in [4.69, 9.17) is 38.3 Å². The summed E-state index contributed by atoms with van der Waals surface area (Å²) in [6.07, 6.45) is 3.28. The van der Waals surface area contributed by atoms with Gasteiger partial charge in [0.05, 0.1) is 0 Å². The number of hydrogen-bond acceptors (Lipinski definition) is 8. The van der Waals surface area contributed by atoms with E-state index >= 15 is 0 Å². The van der Waals surface area contributed by atoms with Crippen LogP contribution in [0.25, 0.3) is 0 Å². The number of aliphatic carboxylic acids is 3. The van der Waals surface area contributed by atoms with E-state index in [2.05, 4.69) is 0 Å². The molecular formula is C18H40N4O6S. The molecule has 0 spiro atoms. The Morgan fingerprint density at radius 2 is 1.28 bits per heavy atom. The van der Waals surface area contributed by atoms with Crippen molar-refractivity contribution in [3.8, 4) is 0 Å². The zero-order valence-electron chi connectivity index (χ0n) is 17.8. The largest absolute Gasteiger partial charge is 0.480 e. The third kappa shape index (κ3) is 26.6. The van der Waals surface area contributed by atoms with Crippen molar-refractivity contribution in [2.24, 2.45) is 28.9 Å². The van der Waals surface area contributed by atoms with E-state index in [-0.39, 0.29) is 0 Å². The topological polar surface area (TPSA) is 216 Å². The number of carboxylic acid groups (broad SMARTS) is 3. The lowest BCUT2D eigenvalue weighted by Crippen LogP contribution is -2.31. The monoisotopic (exact) mass is 440 g/mol. The third-order valence-electron chi connectivity index (χ3n) is 3.42. The van der Waals surface area contributed by atoms with E-state index in [1.54, 1.807) is 11.8 Å². The lowest BCUT2D eigenvalue weighted by Gasteiger charge is -2.07. The van der Waals surface area contributed by atoms with Crippen LogP contribution in [-0.2, 0) is 14.4 Å². The van der Waals surface area contributed by atoms with Crippen LogP contribution in [0.3, 0.4) is 0 Å². The molecule has 0 aromatic rings. The Balaban J connectivity index is -0.000000350. The fourth-order valence-corrected chi connectivity index (χ4v) is 2.43. The number of carbonyl (C=O) groups is 3. The normalized spacial score (nSPS) is 13.2. The van der Waals surface area contributed by atoms with Gasteiger partial charge in [0.15, 0.2) is 0 Å². The number of nitrogens with two attached hydrogens (primary N) is 4. The van der Waals surface area contributed by atoms with Gasteiger partial charge in [-0.3, -0.25) is 14.4 Å². The minimum absolute atomic E-state index is 0.357. The third-order valence-corrected chi connectivity index (χ3v) is 4.36. The number of unbranched alkanes of at least 4 members (excludes halogenated alkanes) is 1. The summed E-state index contributed by atoms with van der Waals surface area (Å²) >= 11 is 1.71. The van der Waals surface area contributed by atoms with Crippen LogP contribution >= 0.6 is 11.8 Å². The molecule has 29 heavy (non-hydrogen) atoms. The van der Waals surface area contributed by atoms with Gasteiger partial charge in [-0.2, -0.15) is 11.8 Å². The smallest absolute Gasteiger partial charge is 0.320 e. The van der Waals surface area contributed by atoms with Crippen LogP contribution in [0.1, 0.15) is 52.9 Å². The zero-order chi connectivity index (χ0) is 23.4. The molecule has 0 aliphatic rings. The Hall–Kier alpha value is -1.40. The van der Waals surface area contributed by atoms with Gasteiger partial charge in [-0.1, -0.05) is 27.2 Å². The first-order chi connectivity index (χ1) is 13.4. The lowest BCUT2D eigenvalue weighted by atomic mass is 10.1. The van der Waals surface area contributed by atoms with Gasteiger partial charge < -0.3 is 38.3 Å². The Kier molecular flexibility index (Phi) is 23.7. The first-order valence-corrected chi connectivity index (χ1v) is 10.8. The molecule has 10 nitrogen and oxygen atoms in total. The van der Waals surface area contributed by atoms with Crippen LogP contribution in [0.15, 0.2) is 0 Å². The van der Waals surface area contributed by atoms with Gasteiger partial charge in [-0.25, -0.2) is 0 Å². The molecule has 0 bridgehead atoms. The molecule has 11 heteroatoms. The summed E-state index contributed by atoms with van der Waals surface area (Å²) in [5, 5.41) is 25.0. The maximum absolute atomic E-state index is 10.2. The molecule has 0 aromatic heterocycles. The van der Waals surface area contributed by atoms with Crippen molar-refractivity contribution in [3.63, 3.8) is 0 Å². The second-order valence-corrected chi connectivity index (χ2v) is 8.13. The van der Waals surface area contributed by atoms with E-state index in [1.807, 2.05) is 20.8 Å². The highest BCUT2D eigenvalue weighted by Crippen LogP contribution is 2.02. The molecule has 0 aliphatic heterocycles. The highest BCUT2D eigenvalue weighted by molar-refractivity contribution is 7.99. The van der Waals surface area contributed by atoms with Crippen LogP contribution in [0, 0.1) is 5.92 Å². The van der Waals surface area contributed by atoms with E-state index in [1.165, 1.54) is 0 Å². The zero-order valence-corrected chi connectivity index (χ0v) is 18.6. The number of rotatable bonds is 13. The summed E-state index contributed by atoms with van der Waals surface area (Å²) in [4.78, 5) is 30.4. The van der Waals surface area contributed by atoms with Crippen molar-refractivity contribution >= 4 is 29.7 Å². The van der Waals surface area contributed by atoms with Crippen molar-refractivity contribution < 1.29 is 29.7 Å². The average Bonchev–Trinajstić information content (AvgIpc) is 2.62. The van der Waals surface area contributed by atoms with E-state index in [0.29, 0.717) is 31.7 Å². The summed E-state index contributed by atoms with van der Waals surface area (Å²) in [5.41, 5.74) is 20.9. The molecule has 0 aliphatic carbocycles. The van der Waals surface area contributed by atoms with Crippen molar-refractivity contribution in [1.82, 2.24) is 0 Å². The second-order valence-electron chi connectivity index (χ2n) is 6.73. The Morgan fingerprint density at radius 3 is 1.59 bits per heavy atom. The molecule has 0 saturated heterocycles. The molecule has 0 heterocycles. The maximum Gasteiger partial charge on any atom is 0.320 e. The minimum Gasteiger partial charge on any atom is -0.480 e. The van der Waals surface area contributed by atoms with E-state index < -0.39 is 36.0 Å². The minimum atomic E-state index is -0.933. The molecular weight excluding hydrogens is 400 g/mol. The summed E-state index contributed by atoms with van der Waals surface area (Å²) in [7, 11) is 0. The van der Waals surface area contributed by atoms with Crippen LogP contribution in [-0.4, -0.2) is 69.4 Å². The van der Waals surface area contributed by atoms with Crippen LogP contribution in [0.5, 0.6) is 0 Å². The highest BCUT2D eigenvalue weighted by atomic mass is 32.2. The van der Waals surface area contributed by atoms with Crippen molar-refractivity contribution in [2.45, 2.75) is 71.0 Å². The van der Waals surface area contributed by atoms with Crippen LogP contribution in [0.2, 0.25) is 0 Å². The summed E-state index contributed by atoms with van der Waals surface area (Å²) in [5.74, 6) is -0.537. The lowest BCUT2D eigenvalue weighted by molar-refractivity contribution is -0.139. The molecule has 0 fully saturated rings. The predicted octanol–water partition coefficient (Wildman–Crippen LogP) is 0.513. The quantitative estimate of drug-likeness (QED) is 0.196. The van der Waals surface area contributed by atoms with Crippen LogP contribution < -0.4 is 22.9 Å². The first kappa shape index (κ1) is 32.3. The molecule has 0 amide bonds. The SMILES string of the molecule is CC(C)C[C@H](N)C(=O)O.CCSCC[C@H](N)C(=O)O.NCCCC[C@H](N)C(=O)O. The van der Waals surface area contributed by atoms with Gasteiger partial charge in [0, 0.05) is 0 Å². The van der Waals surface area contributed by atoms with Crippen molar-refractivity contribution in [3.05, 3.63) is 0 Å². The standard InChI is InChI=1S/C6H14N2O2.C6H13NO2S.C6H13NO2/c7-4-2-1-3-5(8)6(9)10;1-2-10-4-3-5(7)6(8)9;1-4(2)3-5(7)6(8)9/h5H,1-4,7-8H2,(H,9,10);5H,2-4,7H2,1H3,(H,8,9);4-5H,3,7H2,1-2H3,(H,8,9)/t3*5-/m000/s1. The highest BCUT2D eigenvalue weighted by Gasteiger charge is 2.12. The Morgan fingerprint density at radius 1 is 0.828 bits per heavy atom. The van der Waals surface area contributed by atoms with Gasteiger partial charge in [-0.05, 0) is 49.7 Å². The molecule has 3 atom stereocenters. The van der Waals surface area contributed by atoms with Gasteiger partial charge >= 0.3 is 17.9 Å². The molecule has 0 saturated carbocycles. The fraction of sp³-hybridized carbons (Fsp3) is 0.833. The molecule has 0 aromatic carbocycles. The van der Waals surface area contributed by atoms with Crippen molar-refractivity contribution in [2.75, 3.05) is 18.1 Å². The molecule has 11 N–H and O–H groups in total. The van der Waals surface area contributed by atoms with Gasteiger partial charge in [0.2, 0.25) is 0 Å². The number of thioether (sulfide) groups is 1. The number of hydrogen-bond donors (Lipinski definition) is 7. The summed E-state index contributed by atoms with van der Waals surface area (Å²) in [6.45, 7) is 6.54. The van der Waals surface area contributed by atoms with Crippen molar-refractivity contribution in [1.29, 1.82) is 0 Å². The Bertz CT molecular complexity index is 415. The number of carboxylic acids is 3.